The molecule has 2 aromatic rings. The van der Waals surface area contributed by atoms with Gasteiger partial charge in [0, 0.05) is 25.4 Å². The van der Waals surface area contributed by atoms with E-state index in [1.807, 2.05) is 16.9 Å². The molecule has 1 heterocycles. The summed E-state index contributed by atoms with van der Waals surface area (Å²) in [6, 6.07) is 8.50. The summed E-state index contributed by atoms with van der Waals surface area (Å²) in [5.41, 5.74) is 0.191. The van der Waals surface area contributed by atoms with Crippen molar-refractivity contribution in [3.8, 4) is 5.75 Å². The Morgan fingerprint density at radius 3 is 2.89 bits per heavy atom. The van der Waals surface area contributed by atoms with Crippen LogP contribution in [0.5, 0.6) is 5.75 Å². The van der Waals surface area contributed by atoms with Crippen molar-refractivity contribution in [2.45, 2.75) is 13.0 Å². The van der Waals surface area contributed by atoms with Crippen molar-refractivity contribution in [2.75, 3.05) is 6.61 Å². The van der Waals surface area contributed by atoms with Crippen LogP contribution in [0.25, 0.3) is 0 Å². The Morgan fingerprint density at radius 1 is 1.33 bits per heavy atom. The summed E-state index contributed by atoms with van der Waals surface area (Å²) in [5.74, 6) is -0.567. The normalized spacial score (nSPS) is 10.2. The second kappa shape index (κ2) is 5.86. The third-order valence-electron chi connectivity index (χ3n) is 2.47. The molecule has 5 heteroatoms. The maximum absolute atomic E-state index is 10.9. The van der Waals surface area contributed by atoms with Gasteiger partial charge in [0.15, 0.2) is 0 Å². The van der Waals surface area contributed by atoms with Crippen molar-refractivity contribution in [2.24, 2.45) is 0 Å². The fraction of sp³-hybridized carbons (Fsp3) is 0.231. The van der Waals surface area contributed by atoms with Crippen LogP contribution in [0.4, 0.5) is 0 Å². The maximum atomic E-state index is 10.9. The van der Waals surface area contributed by atoms with Crippen molar-refractivity contribution in [1.82, 2.24) is 9.78 Å². The Hall–Kier alpha value is -2.30. The lowest BCUT2D eigenvalue weighted by molar-refractivity contribution is 0.0692. The monoisotopic (exact) mass is 246 g/mol. The molecule has 0 aliphatic carbocycles. The number of aromatic nitrogens is 2. The van der Waals surface area contributed by atoms with Gasteiger partial charge in [-0.15, -0.1) is 0 Å². The first-order valence-corrected chi connectivity index (χ1v) is 5.70. The standard InChI is InChI=1S/C13H14N2O3/c16-13(17)11-5-1-2-6-12(11)18-10-4-9-15-8-3-7-14-15/h1-3,5-8H,4,9-10H2,(H,16,17). The van der Waals surface area contributed by atoms with Gasteiger partial charge >= 0.3 is 5.97 Å². The van der Waals surface area contributed by atoms with E-state index >= 15 is 0 Å². The number of aryl methyl sites for hydroxylation is 1. The number of carbonyl (C=O) groups is 1. The lowest BCUT2D eigenvalue weighted by Gasteiger charge is -2.08. The highest BCUT2D eigenvalue weighted by molar-refractivity contribution is 5.90. The molecule has 1 aromatic carbocycles. The quantitative estimate of drug-likeness (QED) is 0.792. The van der Waals surface area contributed by atoms with Gasteiger partial charge in [0.1, 0.15) is 11.3 Å². The highest BCUT2D eigenvalue weighted by atomic mass is 16.5. The Kier molecular flexibility index (Phi) is 3.96. The molecule has 0 amide bonds. The topological polar surface area (TPSA) is 64.3 Å². The zero-order valence-electron chi connectivity index (χ0n) is 9.82. The summed E-state index contributed by atoms with van der Waals surface area (Å²) in [6.07, 6.45) is 4.38. The predicted molar refractivity (Wildman–Crippen MR) is 65.7 cm³/mol. The summed E-state index contributed by atoms with van der Waals surface area (Å²) in [6.45, 7) is 1.21. The lowest BCUT2D eigenvalue weighted by atomic mass is 10.2. The number of ether oxygens (including phenoxy) is 1. The molecule has 0 aliphatic heterocycles. The van der Waals surface area contributed by atoms with Crippen molar-refractivity contribution in [3.63, 3.8) is 0 Å². The minimum atomic E-state index is -0.974. The first-order valence-electron chi connectivity index (χ1n) is 5.70. The molecule has 0 spiro atoms. The van der Waals surface area contributed by atoms with Crippen LogP contribution < -0.4 is 4.74 Å². The summed E-state index contributed by atoms with van der Waals surface area (Å²) in [5, 5.41) is 13.1. The van der Waals surface area contributed by atoms with Gasteiger partial charge in [-0.1, -0.05) is 12.1 Å². The number of hydrogen-bond acceptors (Lipinski definition) is 3. The van der Waals surface area contributed by atoms with Crippen molar-refractivity contribution >= 4 is 5.97 Å². The molecule has 5 nitrogen and oxygen atoms in total. The number of hydrogen-bond donors (Lipinski definition) is 1. The second-order valence-electron chi connectivity index (χ2n) is 3.77. The Bertz CT molecular complexity index is 509. The molecule has 1 N–H and O–H groups in total. The number of para-hydroxylation sites is 1. The molecule has 0 saturated carbocycles. The number of aromatic carboxylic acids is 1. The van der Waals surface area contributed by atoms with Crippen LogP contribution in [0.15, 0.2) is 42.7 Å². The first kappa shape index (κ1) is 12.2. The molecule has 1 aromatic heterocycles. The van der Waals surface area contributed by atoms with E-state index in [0.717, 1.165) is 13.0 Å². The highest BCUT2D eigenvalue weighted by Crippen LogP contribution is 2.17. The van der Waals surface area contributed by atoms with Gasteiger partial charge in [-0.05, 0) is 18.2 Å². The van der Waals surface area contributed by atoms with Crippen LogP contribution in [-0.4, -0.2) is 27.5 Å². The molecule has 0 radical (unpaired) electrons. The highest BCUT2D eigenvalue weighted by Gasteiger charge is 2.09. The van der Waals surface area contributed by atoms with E-state index in [4.69, 9.17) is 9.84 Å². The zero-order chi connectivity index (χ0) is 12.8. The van der Waals surface area contributed by atoms with Gasteiger partial charge in [-0.2, -0.15) is 5.10 Å². The summed E-state index contributed by atoms with van der Waals surface area (Å²) >= 11 is 0. The fourth-order valence-electron chi connectivity index (χ4n) is 1.61. The zero-order valence-corrected chi connectivity index (χ0v) is 9.82. The molecule has 0 fully saturated rings. The first-order chi connectivity index (χ1) is 8.77. The van der Waals surface area contributed by atoms with Crippen LogP contribution in [0.2, 0.25) is 0 Å². The molecule has 18 heavy (non-hydrogen) atoms. The second-order valence-corrected chi connectivity index (χ2v) is 3.77. The molecular weight excluding hydrogens is 232 g/mol. The van der Waals surface area contributed by atoms with Crippen molar-refractivity contribution in [1.29, 1.82) is 0 Å². The Balaban J connectivity index is 1.85. The van der Waals surface area contributed by atoms with Crippen LogP contribution in [0.1, 0.15) is 16.8 Å². The van der Waals surface area contributed by atoms with Gasteiger partial charge in [0.25, 0.3) is 0 Å². The average Bonchev–Trinajstić information content (AvgIpc) is 2.88. The van der Waals surface area contributed by atoms with Crippen LogP contribution in [0, 0.1) is 0 Å². The molecular formula is C13H14N2O3. The summed E-state index contributed by atoms with van der Waals surface area (Å²) in [4.78, 5) is 10.9. The number of rotatable bonds is 6. The molecule has 94 valence electrons. The van der Waals surface area contributed by atoms with E-state index in [0.29, 0.717) is 12.4 Å². The van der Waals surface area contributed by atoms with E-state index in [1.54, 1.807) is 24.4 Å². The predicted octanol–water partition coefficient (Wildman–Crippen LogP) is 2.05. The van der Waals surface area contributed by atoms with E-state index in [9.17, 15) is 4.79 Å². The average molecular weight is 246 g/mol. The van der Waals surface area contributed by atoms with E-state index in [1.165, 1.54) is 6.07 Å². The molecule has 0 unspecified atom stereocenters. The van der Waals surface area contributed by atoms with E-state index in [2.05, 4.69) is 5.10 Å². The van der Waals surface area contributed by atoms with Gasteiger partial charge < -0.3 is 9.84 Å². The Labute approximate surface area is 105 Å². The van der Waals surface area contributed by atoms with Crippen LogP contribution >= 0.6 is 0 Å². The van der Waals surface area contributed by atoms with Crippen LogP contribution in [-0.2, 0) is 6.54 Å². The molecule has 0 saturated heterocycles. The minimum Gasteiger partial charge on any atom is -0.493 e. The molecule has 2 rings (SSSR count). The smallest absolute Gasteiger partial charge is 0.339 e. The number of carboxylic acid groups (broad SMARTS) is 1. The fourth-order valence-corrected chi connectivity index (χ4v) is 1.61. The maximum Gasteiger partial charge on any atom is 0.339 e. The minimum absolute atomic E-state index is 0.191. The summed E-state index contributed by atoms with van der Waals surface area (Å²) in [7, 11) is 0. The van der Waals surface area contributed by atoms with Crippen molar-refractivity contribution < 1.29 is 14.6 Å². The van der Waals surface area contributed by atoms with E-state index in [-0.39, 0.29) is 5.56 Å². The largest absolute Gasteiger partial charge is 0.493 e. The lowest BCUT2D eigenvalue weighted by Crippen LogP contribution is -2.07. The molecule has 0 atom stereocenters. The number of nitrogens with zero attached hydrogens (tertiary/aromatic N) is 2. The third kappa shape index (κ3) is 3.10. The molecule has 0 aliphatic rings. The third-order valence-corrected chi connectivity index (χ3v) is 2.47. The Morgan fingerprint density at radius 2 is 2.17 bits per heavy atom. The number of benzene rings is 1. The van der Waals surface area contributed by atoms with E-state index < -0.39 is 5.97 Å². The van der Waals surface area contributed by atoms with Gasteiger partial charge in [0.2, 0.25) is 0 Å². The summed E-state index contributed by atoms with van der Waals surface area (Å²) < 4.78 is 7.29. The van der Waals surface area contributed by atoms with Gasteiger partial charge in [-0.25, -0.2) is 4.79 Å². The van der Waals surface area contributed by atoms with Gasteiger partial charge in [0.05, 0.1) is 6.61 Å². The van der Waals surface area contributed by atoms with Crippen LogP contribution in [0.3, 0.4) is 0 Å². The SMILES string of the molecule is O=C(O)c1ccccc1OCCCn1cccn1. The van der Waals surface area contributed by atoms with Crippen molar-refractivity contribution in [3.05, 3.63) is 48.3 Å². The molecule has 0 bridgehead atoms. The number of carboxylic acids is 1. The van der Waals surface area contributed by atoms with Gasteiger partial charge in [-0.3, -0.25) is 4.68 Å².